The molecule has 1 amide bonds. The van der Waals surface area contributed by atoms with Gasteiger partial charge in [-0.25, -0.2) is 8.78 Å². The number of carbonyl (C=O) groups excluding carboxylic acids is 1. The molecule has 1 aliphatic rings. The smallest absolute Gasteiger partial charge is 0.254 e. The molecule has 110 valence electrons. The van der Waals surface area contributed by atoms with Crippen LogP contribution in [0.2, 0.25) is 0 Å². The molecule has 2 atom stereocenters. The maximum Gasteiger partial charge on any atom is 0.254 e. The van der Waals surface area contributed by atoms with Gasteiger partial charge in [-0.15, -0.1) is 0 Å². The first-order valence-electron chi connectivity index (χ1n) is 7.02. The topological polar surface area (TPSA) is 46.3 Å². The molecule has 0 saturated carbocycles. The van der Waals surface area contributed by atoms with E-state index in [1.165, 1.54) is 6.07 Å². The molecule has 1 aromatic rings. The molecule has 1 fully saturated rings. The highest BCUT2D eigenvalue weighted by Gasteiger charge is 2.30. The van der Waals surface area contributed by atoms with E-state index in [1.807, 2.05) is 0 Å². The first-order valence-corrected chi connectivity index (χ1v) is 7.02. The number of rotatable bonds is 3. The van der Waals surface area contributed by atoms with Crippen molar-refractivity contribution in [2.45, 2.75) is 32.2 Å². The molecule has 5 heteroatoms. The van der Waals surface area contributed by atoms with Crippen LogP contribution in [0.15, 0.2) is 18.2 Å². The third-order valence-corrected chi connectivity index (χ3v) is 4.10. The molecule has 1 aliphatic heterocycles. The molecule has 1 aromatic carbocycles. The SMILES string of the molecule is CCC1CCN(C(=O)c2ccc(F)c(F)c2)C(CN)C1. The minimum atomic E-state index is -0.997. The third-order valence-electron chi connectivity index (χ3n) is 4.10. The standard InChI is InChI=1S/C15H20F2N2O/c1-2-10-5-6-19(12(7-10)9-18)15(20)11-3-4-13(16)14(17)8-11/h3-4,8,10,12H,2,5-7,9,18H2,1H3. The molecule has 1 saturated heterocycles. The van der Waals surface area contributed by atoms with Crippen LogP contribution in [0.4, 0.5) is 8.78 Å². The van der Waals surface area contributed by atoms with Crippen LogP contribution >= 0.6 is 0 Å². The van der Waals surface area contributed by atoms with Gasteiger partial charge in [-0.3, -0.25) is 4.79 Å². The van der Waals surface area contributed by atoms with E-state index in [1.54, 1.807) is 4.90 Å². The maximum absolute atomic E-state index is 13.2. The molecule has 0 bridgehead atoms. The number of hydrogen-bond donors (Lipinski definition) is 1. The lowest BCUT2D eigenvalue weighted by atomic mass is 9.88. The van der Waals surface area contributed by atoms with Crippen LogP contribution in [0.3, 0.4) is 0 Å². The van der Waals surface area contributed by atoms with E-state index in [9.17, 15) is 13.6 Å². The first-order chi connectivity index (χ1) is 9.56. The Morgan fingerprint density at radius 3 is 2.75 bits per heavy atom. The van der Waals surface area contributed by atoms with Gasteiger partial charge in [0.2, 0.25) is 0 Å². The lowest BCUT2D eigenvalue weighted by Crippen LogP contribution is -2.49. The summed E-state index contributed by atoms with van der Waals surface area (Å²) in [6, 6.07) is 3.24. The monoisotopic (exact) mass is 282 g/mol. The van der Waals surface area contributed by atoms with Crippen LogP contribution < -0.4 is 5.73 Å². The molecule has 0 spiro atoms. The summed E-state index contributed by atoms with van der Waals surface area (Å²) < 4.78 is 26.2. The number of benzene rings is 1. The molecular weight excluding hydrogens is 262 g/mol. The van der Waals surface area contributed by atoms with E-state index < -0.39 is 11.6 Å². The summed E-state index contributed by atoms with van der Waals surface area (Å²) in [7, 11) is 0. The molecular formula is C15H20F2N2O. The average molecular weight is 282 g/mol. The van der Waals surface area contributed by atoms with Gasteiger partial charge in [0, 0.05) is 24.7 Å². The molecule has 3 nitrogen and oxygen atoms in total. The largest absolute Gasteiger partial charge is 0.334 e. The number of nitrogens with zero attached hydrogens (tertiary/aromatic N) is 1. The second kappa shape index (κ2) is 6.31. The Kier molecular flexibility index (Phi) is 4.70. The number of carbonyl (C=O) groups is 1. The van der Waals surface area contributed by atoms with Gasteiger partial charge in [-0.1, -0.05) is 13.3 Å². The molecule has 0 aromatic heterocycles. The quantitative estimate of drug-likeness (QED) is 0.926. The van der Waals surface area contributed by atoms with Crippen molar-refractivity contribution in [1.29, 1.82) is 0 Å². The van der Waals surface area contributed by atoms with E-state index in [4.69, 9.17) is 5.73 Å². The van der Waals surface area contributed by atoms with E-state index >= 15 is 0 Å². The third kappa shape index (κ3) is 2.98. The van der Waals surface area contributed by atoms with Crippen molar-refractivity contribution >= 4 is 5.91 Å². The summed E-state index contributed by atoms with van der Waals surface area (Å²) in [5.41, 5.74) is 5.93. The summed E-state index contributed by atoms with van der Waals surface area (Å²) >= 11 is 0. The Labute approximate surface area is 117 Å². The Balaban J connectivity index is 2.17. The van der Waals surface area contributed by atoms with Gasteiger partial charge in [0.1, 0.15) is 0 Å². The Morgan fingerprint density at radius 1 is 1.40 bits per heavy atom. The number of nitrogens with two attached hydrogens (primary N) is 1. The molecule has 0 aliphatic carbocycles. The Hall–Kier alpha value is -1.49. The molecule has 2 unspecified atom stereocenters. The van der Waals surface area contributed by atoms with Crippen LogP contribution in [0, 0.1) is 17.6 Å². The summed E-state index contributed by atoms with van der Waals surface area (Å²) in [4.78, 5) is 14.1. The van der Waals surface area contributed by atoms with Gasteiger partial charge in [-0.2, -0.15) is 0 Å². The van der Waals surface area contributed by atoms with Crippen LogP contribution in [0.5, 0.6) is 0 Å². The predicted molar refractivity (Wildman–Crippen MR) is 73.3 cm³/mol. The van der Waals surface area contributed by atoms with Crippen LogP contribution in [0.25, 0.3) is 0 Å². The van der Waals surface area contributed by atoms with Crippen molar-refractivity contribution < 1.29 is 13.6 Å². The lowest BCUT2D eigenvalue weighted by Gasteiger charge is -2.39. The molecule has 20 heavy (non-hydrogen) atoms. The minimum Gasteiger partial charge on any atom is -0.334 e. The van der Waals surface area contributed by atoms with E-state index in [0.717, 1.165) is 31.4 Å². The number of halogens is 2. The number of hydrogen-bond acceptors (Lipinski definition) is 2. The number of likely N-dealkylation sites (tertiary alicyclic amines) is 1. The fraction of sp³-hybridized carbons (Fsp3) is 0.533. The number of amides is 1. The maximum atomic E-state index is 13.2. The van der Waals surface area contributed by atoms with E-state index in [0.29, 0.717) is 19.0 Å². The zero-order valence-electron chi connectivity index (χ0n) is 11.6. The predicted octanol–water partition coefficient (Wildman–Crippen LogP) is 2.55. The van der Waals surface area contributed by atoms with Crippen LogP contribution in [-0.4, -0.2) is 29.9 Å². The van der Waals surface area contributed by atoms with Gasteiger partial charge in [0.15, 0.2) is 11.6 Å². The van der Waals surface area contributed by atoms with Crippen LogP contribution in [-0.2, 0) is 0 Å². The van der Waals surface area contributed by atoms with E-state index in [-0.39, 0.29) is 17.5 Å². The average Bonchev–Trinajstić information content (AvgIpc) is 2.48. The second-order valence-electron chi connectivity index (χ2n) is 5.32. The highest BCUT2D eigenvalue weighted by Crippen LogP contribution is 2.26. The Morgan fingerprint density at radius 2 is 2.15 bits per heavy atom. The zero-order valence-corrected chi connectivity index (χ0v) is 11.6. The van der Waals surface area contributed by atoms with Gasteiger partial charge >= 0.3 is 0 Å². The normalized spacial score (nSPS) is 22.9. The van der Waals surface area contributed by atoms with Crippen LogP contribution in [0.1, 0.15) is 36.5 Å². The van der Waals surface area contributed by atoms with E-state index in [2.05, 4.69) is 6.92 Å². The van der Waals surface area contributed by atoms with Gasteiger partial charge in [0.25, 0.3) is 5.91 Å². The van der Waals surface area contributed by atoms with Crippen molar-refractivity contribution in [2.75, 3.05) is 13.1 Å². The summed E-state index contributed by atoms with van der Waals surface area (Å²) in [5, 5.41) is 0. The zero-order chi connectivity index (χ0) is 14.7. The minimum absolute atomic E-state index is 0.0192. The Bertz CT molecular complexity index is 493. The number of piperidine rings is 1. The summed E-state index contributed by atoms with van der Waals surface area (Å²) in [6.07, 6.45) is 2.88. The summed E-state index contributed by atoms with van der Waals surface area (Å²) in [5.74, 6) is -1.63. The van der Waals surface area contributed by atoms with Crippen molar-refractivity contribution in [3.63, 3.8) is 0 Å². The van der Waals surface area contributed by atoms with Crippen molar-refractivity contribution in [1.82, 2.24) is 4.90 Å². The molecule has 2 N–H and O–H groups in total. The first kappa shape index (κ1) is 14.9. The van der Waals surface area contributed by atoms with Crippen molar-refractivity contribution in [2.24, 2.45) is 11.7 Å². The molecule has 1 heterocycles. The second-order valence-corrected chi connectivity index (χ2v) is 5.32. The highest BCUT2D eigenvalue weighted by atomic mass is 19.2. The molecule has 2 rings (SSSR count). The fourth-order valence-corrected chi connectivity index (χ4v) is 2.79. The van der Waals surface area contributed by atoms with Gasteiger partial charge in [-0.05, 0) is 37.0 Å². The lowest BCUT2D eigenvalue weighted by molar-refractivity contribution is 0.0558. The van der Waals surface area contributed by atoms with Crippen molar-refractivity contribution in [3.05, 3.63) is 35.4 Å². The van der Waals surface area contributed by atoms with Crippen molar-refractivity contribution in [3.8, 4) is 0 Å². The van der Waals surface area contributed by atoms with Gasteiger partial charge in [0.05, 0.1) is 0 Å². The van der Waals surface area contributed by atoms with Gasteiger partial charge < -0.3 is 10.6 Å². The summed E-state index contributed by atoms with van der Waals surface area (Å²) in [6.45, 7) is 3.15. The highest BCUT2D eigenvalue weighted by molar-refractivity contribution is 5.94. The fourth-order valence-electron chi connectivity index (χ4n) is 2.79. The molecule has 0 radical (unpaired) electrons.